The SMILES string of the molecule is CC(=O)NC1CCN(C(=O)c2ccccc2)CC1. The van der Waals surface area contributed by atoms with Gasteiger partial charge in [-0.25, -0.2) is 0 Å². The van der Waals surface area contributed by atoms with Crippen molar-refractivity contribution in [3.05, 3.63) is 35.9 Å². The van der Waals surface area contributed by atoms with Gasteiger partial charge in [0.1, 0.15) is 0 Å². The molecule has 1 heterocycles. The summed E-state index contributed by atoms with van der Waals surface area (Å²) in [6.07, 6.45) is 1.66. The number of likely N-dealkylation sites (tertiary alicyclic amines) is 1. The van der Waals surface area contributed by atoms with Crippen molar-refractivity contribution in [2.24, 2.45) is 0 Å². The van der Waals surface area contributed by atoms with E-state index in [9.17, 15) is 9.59 Å². The van der Waals surface area contributed by atoms with E-state index < -0.39 is 0 Å². The van der Waals surface area contributed by atoms with Crippen LogP contribution >= 0.6 is 0 Å². The van der Waals surface area contributed by atoms with Gasteiger partial charge in [0.05, 0.1) is 0 Å². The molecule has 1 N–H and O–H groups in total. The first-order chi connectivity index (χ1) is 8.66. The molecule has 0 aliphatic carbocycles. The molecule has 0 unspecified atom stereocenters. The monoisotopic (exact) mass is 246 g/mol. The van der Waals surface area contributed by atoms with Crippen LogP contribution in [0.3, 0.4) is 0 Å². The molecule has 1 fully saturated rings. The largest absolute Gasteiger partial charge is 0.353 e. The molecular formula is C14H18N2O2. The van der Waals surface area contributed by atoms with Crippen LogP contribution in [0.5, 0.6) is 0 Å². The van der Waals surface area contributed by atoms with Gasteiger partial charge in [0, 0.05) is 31.6 Å². The van der Waals surface area contributed by atoms with Gasteiger partial charge in [-0.15, -0.1) is 0 Å². The third-order valence-corrected chi connectivity index (χ3v) is 3.21. The van der Waals surface area contributed by atoms with Crippen LogP contribution in [-0.2, 0) is 4.79 Å². The number of hydrogen-bond donors (Lipinski definition) is 1. The summed E-state index contributed by atoms with van der Waals surface area (Å²) in [6, 6.07) is 9.53. The van der Waals surface area contributed by atoms with Crippen LogP contribution in [0.4, 0.5) is 0 Å². The quantitative estimate of drug-likeness (QED) is 0.858. The molecule has 0 saturated carbocycles. The minimum Gasteiger partial charge on any atom is -0.353 e. The summed E-state index contributed by atoms with van der Waals surface area (Å²) in [6.45, 7) is 2.94. The Balaban J connectivity index is 1.90. The molecule has 4 nitrogen and oxygen atoms in total. The summed E-state index contributed by atoms with van der Waals surface area (Å²) < 4.78 is 0. The van der Waals surface area contributed by atoms with Gasteiger partial charge in [-0.05, 0) is 25.0 Å². The van der Waals surface area contributed by atoms with Gasteiger partial charge in [-0.1, -0.05) is 18.2 Å². The average Bonchev–Trinajstić information content (AvgIpc) is 2.39. The van der Waals surface area contributed by atoms with Gasteiger partial charge < -0.3 is 10.2 Å². The van der Waals surface area contributed by atoms with Gasteiger partial charge in [-0.3, -0.25) is 9.59 Å². The van der Waals surface area contributed by atoms with Crippen LogP contribution in [0.2, 0.25) is 0 Å². The lowest BCUT2D eigenvalue weighted by Crippen LogP contribution is -2.46. The van der Waals surface area contributed by atoms with Crippen molar-refractivity contribution in [3.8, 4) is 0 Å². The van der Waals surface area contributed by atoms with E-state index in [0.29, 0.717) is 13.1 Å². The molecule has 18 heavy (non-hydrogen) atoms. The maximum atomic E-state index is 12.2. The number of carbonyl (C=O) groups excluding carboxylic acids is 2. The number of benzene rings is 1. The van der Waals surface area contributed by atoms with Crippen LogP contribution < -0.4 is 5.32 Å². The lowest BCUT2D eigenvalue weighted by Gasteiger charge is -2.32. The zero-order valence-electron chi connectivity index (χ0n) is 10.6. The Bertz CT molecular complexity index is 423. The summed E-state index contributed by atoms with van der Waals surface area (Å²) >= 11 is 0. The van der Waals surface area contributed by atoms with E-state index in [1.165, 1.54) is 6.92 Å². The fraction of sp³-hybridized carbons (Fsp3) is 0.429. The topological polar surface area (TPSA) is 49.4 Å². The molecule has 0 spiro atoms. The summed E-state index contributed by atoms with van der Waals surface area (Å²) in [7, 11) is 0. The van der Waals surface area contributed by atoms with Crippen LogP contribution in [0.1, 0.15) is 30.1 Å². The Morgan fingerprint density at radius 1 is 1.17 bits per heavy atom. The highest BCUT2D eigenvalue weighted by molar-refractivity contribution is 5.94. The van der Waals surface area contributed by atoms with E-state index in [1.54, 1.807) is 0 Å². The second kappa shape index (κ2) is 5.67. The second-order valence-electron chi connectivity index (χ2n) is 4.63. The Hall–Kier alpha value is -1.84. The second-order valence-corrected chi connectivity index (χ2v) is 4.63. The molecule has 0 aromatic heterocycles. The number of nitrogens with one attached hydrogen (secondary N) is 1. The van der Waals surface area contributed by atoms with Crippen LogP contribution in [0, 0.1) is 0 Å². The Morgan fingerprint density at radius 3 is 2.33 bits per heavy atom. The molecule has 1 aliphatic heterocycles. The van der Waals surface area contributed by atoms with E-state index in [4.69, 9.17) is 0 Å². The summed E-state index contributed by atoms with van der Waals surface area (Å²) in [5.74, 6) is 0.0831. The van der Waals surface area contributed by atoms with E-state index >= 15 is 0 Å². The predicted molar refractivity (Wildman–Crippen MR) is 69.2 cm³/mol. The number of rotatable bonds is 2. The van der Waals surface area contributed by atoms with Gasteiger partial charge in [-0.2, -0.15) is 0 Å². The van der Waals surface area contributed by atoms with Crippen molar-refractivity contribution in [2.75, 3.05) is 13.1 Å². The molecule has 0 radical (unpaired) electrons. The Labute approximate surface area is 107 Å². The maximum Gasteiger partial charge on any atom is 0.253 e. The molecular weight excluding hydrogens is 228 g/mol. The fourth-order valence-electron chi connectivity index (χ4n) is 2.28. The highest BCUT2D eigenvalue weighted by Crippen LogP contribution is 2.13. The minimum atomic E-state index is 0.00263. The molecule has 4 heteroatoms. The third-order valence-electron chi connectivity index (χ3n) is 3.21. The predicted octanol–water partition coefficient (Wildman–Crippen LogP) is 1.43. The van der Waals surface area contributed by atoms with Gasteiger partial charge >= 0.3 is 0 Å². The molecule has 2 amide bonds. The zero-order valence-corrected chi connectivity index (χ0v) is 10.6. The Morgan fingerprint density at radius 2 is 1.78 bits per heavy atom. The smallest absolute Gasteiger partial charge is 0.253 e. The number of amides is 2. The normalized spacial score (nSPS) is 16.4. The number of nitrogens with zero attached hydrogens (tertiary/aromatic N) is 1. The lowest BCUT2D eigenvalue weighted by atomic mass is 10.0. The number of carbonyl (C=O) groups is 2. The highest BCUT2D eigenvalue weighted by Gasteiger charge is 2.23. The number of piperidine rings is 1. The van der Waals surface area contributed by atoms with Crippen LogP contribution in [0.15, 0.2) is 30.3 Å². The molecule has 1 aliphatic rings. The minimum absolute atomic E-state index is 0.00263. The first-order valence-electron chi connectivity index (χ1n) is 6.28. The summed E-state index contributed by atoms with van der Waals surface area (Å²) in [5.41, 5.74) is 0.732. The highest BCUT2D eigenvalue weighted by atomic mass is 16.2. The van der Waals surface area contributed by atoms with E-state index in [1.807, 2.05) is 35.2 Å². The van der Waals surface area contributed by atoms with Gasteiger partial charge in [0.2, 0.25) is 5.91 Å². The molecule has 0 bridgehead atoms. The lowest BCUT2D eigenvalue weighted by molar-refractivity contribution is -0.119. The molecule has 1 aromatic carbocycles. The van der Waals surface area contributed by atoms with E-state index in [2.05, 4.69) is 5.32 Å². The standard InChI is InChI=1S/C14H18N2O2/c1-11(17)15-13-7-9-16(10-8-13)14(18)12-5-3-2-4-6-12/h2-6,13H,7-10H2,1H3,(H,15,17). The fourth-order valence-corrected chi connectivity index (χ4v) is 2.28. The van der Waals surface area contributed by atoms with Crippen LogP contribution in [-0.4, -0.2) is 35.8 Å². The first kappa shape index (κ1) is 12.6. The number of hydrogen-bond acceptors (Lipinski definition) is 2. The van der Waals surface area contributed by atoms with Crippen molar-refractivity contribution in [1.82, 2.24) is 10.2 Å². The maximum absolute atomic E-state index is 12.2. The molecule has 1 saturated heterocycles. The van der Waals surface area contributed by atoms with Gasteiger partial charge in [0.15, 0.2) is 0 Å². The molecule has 1 aromatic rings. The summed E-state index contributed by atoms with van der Waals surface area (Å²) in [5, 5.41) is 2.90. The van der Waals surface area contributed by atoms with Crippen molar-refractivity contribution in [1.29, 1.82) is 0 Å². The van der Waals surface area contributed by atoms with Crippen molar-refractivity contribution < 1.29 is 9.59 Å². The average molecular weight is 246 g/mol. The molecule has 0 atom stereocenters. The zero-order chi connectivity index (χ0) is 13.0. The first-order valence-corrected chi connectivity index (χ1v) is 6.28. The van der Waals surface area contributed by atoms with Crippen molar-refractivity contribution in [3.63, 3.8) is 0 Å². The van der Waals surface area contributed by atoms with E-state index in [0.717, 1.165) is 18.4 Å². The van der Waals surface area contributed by atoms with E-state index in [-0.39, 0.29) is 17.9 Å². The Kier molecular flexibility index (Phi) is 3.97. The third kappa shape index (κ3) is 3.09. The summed E-state index contributed by atoms with van der Waals surface area (Å²) in [4.78, 5) is 25.0. The molecule has 2 rings (SSSR count). The molecule has 96 valence electrons. The van der Waals surface area contributed by atoms with Gasteiger partial charge in [0.25, 0.3) is 5.91 Å². The van der Waals surface area contributed by atoms with Crippen molar-refractivity contribution >= 4 is 11.8 Å². The van der Waals surface area contributed by atoms with Crippen molar-refractivity contribution in [2.45, 2.75) is 25.8 Å². The van der Waals surface area contributed by atoms with Crippen LogP contribution in [0.25, 0.3) is 0 Å².